The van der Waals surface area contributed by atoms with E-state index >= 15 is 0 Å². The Kier molecular flexibility index (Phi) is 9.66. The first-order chi connectivity index (χ1) is 11.4. The van der Waals surface area contributed by atoms with Gasteiger partial charge in [0, 0.05) is 24.9 Å². The summed E-state index contributed by atoms with van der Waals surface area (Å²) in [6.45, 7) is 10.4. The van der Waals surface area contributed by atoms with Gasteiger partial charge < -0.3 is 15.1 Å². The smallest absolute Gasteiger partial charge is 0.191 e. The quantitative estimate of drug-likeness (QED) is 0.355. The fraction of sp³-hybridized carbons (Fsp3) is 0.722. The van der Waals surface area contributed by atoms with Crippen LogP contribution in [-0.2, 0) is 0 Å². The summed E-state index contributed by atoms with van der Waals surface area (Å²) < 4.78 is 6.09. The van der Waals surface area contributed by atoms with Gasteiger partial charge in [-0.05, 0) is 65.1 Å². The van der Waals surface area contributed by atoms with E-state index in [-0.39, 0.29) is 34.8 Å². The fourth-order valence-corrected chi connectivity index (χ4v) is 3.09. The van der Waals surface area contributed by atoms with E-state index in [9.17, 15) is 0 Å². The van der Waals surface area contributed by atoms with Crippen LogP contribution in [0.3, 0.4) is 0 Å². The second-order valence-corrected chi connectivity index (χ2v) is 8.49. The number of halogens is 1. The van der Waals surface area contributed by atoms with Gasteiger partial charge in [0.05, 0.1) is 6.04 Å². The Hall–Kier alpha value is -0.410. The number of likely N-dealkylation sites (tertiary alicyclic amines) is 1. The average molecular weight is 480 g/mol. The number of rotatable bonds is 7. The molecule has 0 saturated carbocycles. The monoisotopic (exact) mass is 480 g/mol. The van der Waals surface area contributed by atoms with Crippen molar-refractivity contribution in [3.8, 4) is 0 Å². The SMILES string of the molecule is CN=C(NCC(c1ccc(C)o1)N1CCCC1)NCC(C)(C)SC.I. The van der Waals surface area contributed by atoms with Crippen LogP contribution < -0.4 is 10.6 Å². The molecule has 1 aromatic heterocycles. The Morgan fingerprint density at radius 2 is 2.00 bits per heavy atom. The molecule has 5 nitrogen and oxygen atoms in total. The zero-order valence-corrected chi connectivity index (χ0v) is 19.2. The van der Waals surface area contributed by atoms with Gasteiger partial charge in [0.2, 0.25) is 0 Å². The van der Waals surface area contributed by atoms with Gasteiger partial charge in [0.15, 0.2) is 5.96 Å². The van der Waals surface area contributed by atoms with Crippen molar-refractivity contribution in [2.45, 2.75) is 44.4 Å². The first kappa shape index (κ1) is 22.6. The summed E-state index contributed by atoms with van der Waals surface area (Å²) in [5.74, 6) is 2.87. The van der Waals surface area contributed by atoms with Gasteiger partial charge in [0.25, 0.3) is 0 Å². The highest BCUT2D eigenvalue weighted by Crippen LogP contribution is 2.26. The standard InChI is InChI=1S/C18H32N4OS.HI/c1-14-8-9-16(23-14)15(22-10-6-7-11-22)12-20-17(19-4)21-13-18(2,3)24-5;/h8-9,15H,6-7,10-13H2,1-5H3,(H2,19,20,21);1H. The van der Waals surface area contributed by atoms with E-state index in [2.05, 4.69) is 46.7 Å². The molecule has 1 fully saturated rings. The van der Waals surface area contributed by atoms with Crippen molar-refractivity contribution in [2.24, 2.45) is 4.99 Å². The number of thioether (sulfide) groups is 1. The highest BCUT2D eigenvalue weighted by atomic mass is 127. The van der Waals surface area contributed by atoms with Crippen LogP contribution >= 0.6 is 35.7 Å². The molecule has 1 aromatic rings. The lowest BCUT2D eigenvalue weighted by atomic mass is 10.2. The lowest BCUT2D eigenvalue weighted by Gasteiger charge is -2.28. The van der Waals surface area contributed by atoms with Gasteiger partial charge in [-0.25, -0.2) is 0 Å². The summed E-state index contributed by atoms with van der Waals surface area (Å²) in [4.78, 5) is 6.86. The van der Waals surface area contributed by atoms with Crippen molar-refractivity contribution < 1.29 is 4.42 Å². The second kappa shape index (κ2) is 10.7. The van der Waals surface area contributed by atoms with Crippen LogP contribution in [0.4, 0.5) is 0 Å². The Bertz CT molecular complexity index is 541. The minimum Gasteiger partial charge on any atom is -0.465 e. The molecule has 0 bridgehead atoms. The number of guanidine groups is 1. The number of furan rings is 1. The molecular weight excluding hydrogens is 447 g/mol. The molecule has 2 heterocycles. The van der Waals surface area contributed by atoms with Crippen LogP contribution in [0.5, 0.6) is 0 Å². The molecule has 0 aliphatic carbocycles. The van der Waals surface area contributed by atoms with E-state index in [1.165, 1.54) is 12.8 Å². The minimum absolute atomic E-state index is 0. The van der Waals surface area contributed by atoms with E-state index in [1.54, 1.807) is 0 Å². The van der Waals surface area contributed by atoms with Gasteiger partial charge in [-0.15, -0.1) is 24.0 Å². The van der Waals surface area contributed by atoms with E-state index in [0.29, 0.717) is 0 Å². The molecular formula is C18H33IN4OS. The van der Waals surface area contributed by atoms with E-state index in [0.717, 1.165) is 43.7 Å². The molecule has 1 unspecified atom stereocenters. The average Bonchev–Trinajstić information content (AvgIpc) is 3.23. The molecule has 0 spiro atoms. The third kappa shape index (κ3) is 7.02. The van der Waals surface area contributed by atoms with Crippen molar-refractivity contribution in [1.29, 1.82) is 0 Å². The molecule has 7 heteroatoms. The summed E-state index contributed by atoms with van der Waals surface area (Å²) in [7, 11) is 1.82. The molecule has 0 aromatic carbocycles. The van der Waals surface area contributed by atoms with Gasteiger partial charge in [-0.3, -0.25) is 9.89 Å². The number of aliphatic imine (C=N–C) groups is 1. The highest BCUT2D eigenvalue weighted by Gasteiger charge is 2.26. The molecule has 144 valence electrons. The van der Waals surface area contributed by atoms with Crippen LogP contribution in [0, 0.1) is 6.92 Å². The van der Waals surface area contributed by atoms with Crippen LogP contribution in [0.2, 0.25) is 0 Å². The lowest BCUT2D eigenvalue weighted by molar-refractivity contribution is 0.213. The number of hydrogen-bond donors (Lipinski definition) is 2. The first-order valence-electron chi connectivity index (χ1n) is 8.75. The van der Waals surface area contributed by atoms with Gasteiger partial charge in [0.1, 0.15) is 11.5 Å². The second-order valence-electron chi connectivity index (χ2n) is 6.98. The Balaban J connectivity index is 0.00000312. The number of nitrogens with one attached hydrogen (secondary N) is 2. The molecule has 1 atom stereocenters. The number of hydrogen-bond acceptors (Lipinski definition) is 4. The molecule has 1 saturated heterocycles. The van der Waals surface area contributed by atoms with E-state index in [1.807, 2.05) is 31.8 Å². The van der Waals surface area contributed by atoms with E-state index < -0.39 is 0 Å². The van der Waals surface area contributed by atoms with Crippen molar-refractivity contribution in [2.75, 3.05) is 39.5 Å². The maximum atomic E-state index is 5.91. The maximum absolute atomic E-state index is 5.91. The van der Waals surface area contributed by atoms with Gasteiger partial charge in [-0.1, -0.05) is 0 Å². The van der Waals surface area contributed by atoms with Crippen molar-refractivity contribution >= 4 is 41.7 Å². The molecule has 2 N–H and O–H groups in total. The largest absolute Gasteiger partial charge is 0.465 e. The zero-order valence-electron chi connectivity index (χ0n) is 16.1. The number of nitrogens with zero attached hydrogens (tertiary/aromatic N) is 2. The van der Waals surface area contributed by atoms with Crippen LogP contribution in [-0.4, -0.2) is 55.1 Å². The Morgan fingerprint density at radius 3 is 2.52 bits per heavy atom. The molecule has 1 aliphatic rings. The van der Waals surface area contributed by atoms with Gasteiger partial charge in [-0.2, -0.15) is 11.8 Å². The lowest BCUT2D eigenvalue weighted by Crippen LogP contribution is -2.46. The van der Waals surface area contributed by atoms with Gasteiger partial charge >= 0.3 is 0 Å². The van der Waals surface area contributed by atoms with Crippen molar-refractivity contribution in [3.05, 3.63) is 23.7 Å². The summed E-state index contributed by atoms with van der Waals surface area (Å²) in [5, 5.41) is 6.91. The van der Waals surface area contributed by atoms with E-state index in [4.69, 9.17) is 4.42 Å². The normalized spacial score (nSPS) is 17.2. The minimum atomic E-state index is 0. The molecule has 25 heavy (non-hydrogen) atoms. The molecule has 0 radical (unpaired) electrons. The third-order valence-electron chi connectivity index (χ3n) is 4.59. The van der Waals surface area contributed by atoms with Crippen LogP contribution in [0.1, 0.15) is 44.3 Å². The number of aryl methyl sites for hydroxylation is 1. The zero-order chi connectivity index (χ0) is 17.6. The van der Waals surface area contributed by atoms with Crippen molar-refractivity contribution in [3.63, 3.8) is 0 Å². The summed E-state index contributed by atoms with van der Waals surface area (Å²) >= 11 is 1.86. The fourth-order valence-electron chi connectivity index (χ4n) is 2.88. The Morgan fingerprint density at radius 1 is 1.32 bits per heavy atom. The summed E-state index contributed by atoms with van der Waals surface area (Å²) in [6.07, 6.45) is 4.68. The highest BCUT2D eigenvalue weighted by molar-refractivity contribution is 14.0. The third-order valence-corrected chi connectivity index (χ3v) is 5.84. The first-order valence-corrected chi connectivity index (χ1v) is 9.98. The molecule has 0 amide bonds. The van der Waals surface area contributed by atoms with Crippen molar-refractivity contribution in [1.82, 2.24) is 15.5 Å². The van der Waals surface area contributed by atoms with Crippen LogP contribution in [0.25, 0.3) is 0 Å². The Labute approximate surface area is 173 Å². The predicted octanol–water partition coefficient (Wildman–Crippen LogP) is 3.65. The topological polar surface area (TPSA) is 52.8 Å². The summed E-state index contributed by atoms with van der Waals surface area (Å²) in [5.41, 5.74) is 0. The van der Waals surface area contributed by atoms with Crippen LogP contribution in [0.15, 0.2) is 21.5 Å². The predicted molar refractivity (Wildman–Crippen MR) is 119 cm³/mol. The maximum Gasteiger partial charge on any atom is 0.191 e. The molecule has 1 aliphatic heterocycles. The summed E-state index contributed by atoms with van der Waals surface area (Å²) in [6, 6.07) is 4.41. The molecule has 2 rings (SSSR count).